The summed E-state index contributed by atoms with van der Waals surface area (Å²) in [5.74, 6) is -0.957. The zero-order valence-electron chi connectivity index (χ0n) is 17.9. The third-order valence-corrected chi connectivity index (χ3v) is 25.5. The van der Waals surface area contributed by atoms with E-state index in [4.69, 9.17) is 8.37 Å². The standard InChI is InChI=1S/C13H26O10S12/c1-11(10(20)21,24-28-32-34-30-26-22-8-12(2-14,3-15)4-16)25-29-33-35-31-27-23-9-13(5-17,6-18)7-19/h14-19H,2-9H2,1H3,(H,20,21). The van der Waals surface area contributed by atoms with Gasteiger partial charge in [-0.05, 0) is 46.2 Å². The van der Waals surface area contributed by atoms with E-state index in [0.29, 0.717) is 0 Å². The predicted octanol–water partition coefficient (Wildman–Crippen LogP) is 4.53. The Labute approximate surface area is 249 Å². The van der Waals surface area contributed by atoms with Gasteiger partial charge in [0.25, 0.3) is 0 Å². The fourth-order valence-corrected chi connectivity index (χ4v) is 24.7. The molecule has 0 aliphatic rings. The SMILES string of the molecule is CC(SSSSSSOCC(CO)(CO)CO)(SSSSSSOCC(CO)(CO)CO)C(=O)O. The third-order valence-electron chi connectivity index (χ3n) is 3.84. The molecular weight excluding hydrogens is 701 g/mol. The van der Waals surface area contributed by atoms with Crippen molar-refractivity contribution in [2.75, 3.05) is 52.9 Å². The molecule has 0 aromatic rings. The van der Waals surface area contributed by atoms with Crippen LogP contribution in [0.2, 0.25) is 0 Å². The van der Waals surface area contributed by atoms with E-state index in [1.54, 1.807) is 6.92 Å². The number of aliphatic carboxylic acids is 1. The molecule has 0 atom stereocenters. The first-order chi connectivity index (χ1) is 16.7. The molecule has 0 heterocycles. The summed E-state index contributed by atoms with van der Waals surface area (Å²) in [5, 5.41) is 65.0. The number of hydrogen-bond acceptors (Lipinski definition) is 21. The van der Waals surface area contributed by atoms with Crippen molar-refractivity contribution in [3.63, 3.8) is 0 Å². The van der Waals surface area contributed by atoms with Crippen LogP contribution in [0, 0.1) is 10.8 Å². The van der Waals surface area contributed by atoms with Gasteiger partial charge in [-0.25, -0.2) is 4.79 Å². The first kappa shape index (κ1) is 38.4. The zero-order chi connectivity index (χ0) is 26.6. The van der Waals surface area contributed by atoms with Crippen LogP contribution in [0.4, 0.5) is 0 Å². The number of aliphatic hydroxyl groups excluding tert-OH is 6. The minimum absolute atomic E-state index is 0.0143. The Morgan fingerprint density at radius 2 is 0.914 bits per heavy atom. The van der Waals surface area contributed by atoms with Gasteiger partial charge in [0.1, 0.15) is 0 Å². The second-order valence-corrected chi connectivity index (χ2v) is 25.5. The maximum atomic E-state index is 11.7. The summed E-state index contributed by atoms with van der Waals surface area (Å²) in [6.07, 6.45) is 0. The summed E-state index contributed by atoms with van der Waals surface area (Å²) in [6, 6.07) is 0. The highest BCUT2D eigenvalue weighted by atomic mass is 33.9. The van der Waals surface area contributed by atoms with Crippen LogP contribution >= 0.6 is 122 Å². The molecule has 0 unspecified atom stereocenters. The molecule has 35 heavy (non-hydrogen) atoms. The van der Waals surface area contributed by atoms with Crippen LogP contribution in [-0.2, 0) is 13.2 Å². The van der Waals surface area contributed by atoms with Gasteiger partial charge in [0.15, 0.2) is 4.08 Å². The number of hydrogen-bond donors (Lipinski definition) is 7. The van der Waals surface area contributed by atoms with E-state index in [-0.39, 0.29) is 13.2 Å². The molecule has 7 N–H and O–H groups in total. The fourth-order valence-electron chi connectivity index (χ4n) is 1.22. The van der Waals surface area contributed by atoms with Crippen LogP contribution in [0.15, 0.2) is 0 Å². The molecule has 0 aliphatic carbocycles. The van der Waals surface area contributed by atoms with E-state index in [9.17, 15) is 40.5 Å². The molecule has 0 amide bonds. The van der Waals surface area contributed by atoms with Crippen LogP contribution in [0.5, 0.6) is 0 Å². The predicted molar refractivity (Wildman–Crippen MR) is 166 cm³/mol. The molecule has 0 fully saturated rings. The summed E-state index contributed by atoms with van der Waals surface area (Å²) in [5.41, 5.74) is -2.17. The molecule has 0 spiro atoms. The lowest BCUT2D eigenvalue weighted by Gasteiger charge is -2.25. The monoisotopic (exact) mass is 726 g/mol. The lowest BCUT2D eigenvalue weighted by atomic mass is 9.93. The van der Waals surface area contributed by atoms with Crippen LogP contribution in [-0.4, -0.2) is 98.6 Å². The second-order valence-electron chi connectivity index (χ2n) is 6.57. The lowest BCUT2D eigenvalue weighted by molar-refractivity contribution is -0.136. The van der Waals surface area contributed by atoms with Crippen molar-refractivity contribution in [3.05, 3.63) is 0 Å². The van der Waals surface area contributed by atoms with Gasteiger partial charge in [-0.1, -0.05) is 21.6 Å². The molecule has 0 radical (unpaired) electrons. The second kappa shape index (κ2) is 23.0. The Hall–Kier alpha value is 3.35. The number of carboxylic acids is 1. The van der Waals surface area contributed by atoms with E-state index in [1.807, 2.05) is 0 Å². The van der Waals surface area contributed by atoms with Crippen molar-refractivity contribution >= 4 is 128 Å². The minimum atomic E-state index is -1.09. The van der Waals surface area contributed by atoms with Crippen molar-refractivity contribution in [2.24, 2.45) is 10.8 Å². The molecule has 0 aliphatic heterocycles. The first-order valence-electron chi connectivity index (χ1n) is 8.89. The van der Waals surface area contributed by atoms with Crippen molar-refractivity contribution < 1.29 is 48.9 Å². The number of aliphatic hydroxyl groups is 6. The molecule has 22 heteroatoms. The van der Waals surface area contributed by atoms with E-state index < -0.39 is 60.5 Å². The van der Waals surface area contributed by atoms with E-state index in [0.717, 1.165) is 22.1 Å². The normalized spacial score (nSPS) is 12.9. The highest BCUT2D eigenvalue weighted by molar-refractivity contribution is 9.43. The fraction of sp³-hybridized carbons (Fsp3) is 0.923. The molecule has 0 saturated carbocycles. The van der Waals surface area contributed by atoms with Gasteiger partial charge in [-0.3, -0.25) is 0 Å². The van der Waals surface area contributed by atoms with Crippen molar-refractivity contribution in [3.8, 4) is 0 Å². The van der Waals surface area contributed by atoms with Crippen LogP contribution in [0.3, 0.4) is 0 Å². The van der Waals surface area contributed by atoms with E-state index in [1.165, 1.54) is 100 Å². The Kier molecular flexibility index (Phi) is 25.2. The Morgan fingerprint density at radius 1 is 0.600 bits per heavy atom. The molecule has 0 aromatic carbocycles. The summed E-state index contributed by atoms with van der Waals surface area (Å²) in [7, 11) is 13.1. The molecule has 10 nitrogen and oxygen atoms in total. The highest BCUT2D eigenvalue weighted by Crippen LogP contribution is 2.62. The topological polar surface area (TPSA) is 177 Å². The largest absolute Gasteiger partial charge is 0.480 e. The summed E-state index contributed by atoms with van der Waals surface area (Å²) < 4.78 is 9.48. The number of carboxylic acid groups (broad SMARTS) is 1. The van der Waals surface area contributed by atoms with Gasteiger partial charge in [0.05, 0.1) is 85.8 Å². The molecule has 0 bridgehead atoms. The molecule has 210 valence electrons. The van der Waals surface area contributed by atoms with Crippen LogP contribution in [0.1, 0.15) is 6.92 Å². The quantitative estimate of drug-likeness (QED) is 0.0302. The van der Waals surface area contributed by atoms with E-state index >= 15 is 0 Å². The van der Waals surface area contributed by atoms with E-state index in [2.05, 4.69) is 0 Å². The maximum absolute atomic E-state index is 11.7. The van der Waals surface area contributed by atoms with Gasteiger partial charge < -0.3 is 44.1 Å². The minimum Gasteiger partial charge on any atom is -0.480 e. The number of rotatable bonds is 25. The van der Waals surface area contributed by atoms with Crippen LogP contribution < -0.4 is 0 Å². The van der Waals surface area contributed by atoms with Gasteiger partial charge in [-0.2, -0.15) is 0 Å². The molecule has 0 aromatic heterocycles. The number of carbonyl (C=O) groups is 1. The average molecular weight is 727 g/mol. The lowest BCUT2D eigenvalue weighted by Crippen LogP contribution is -2.37. The Morgan fingerprint density at radius 3 is 1.20 bits per heavy atom. The molecular formula is C13H26O10S12. The molecule has 0 rings (SSSR count). The average Bonchev–Trinajstić information content (AvgIpc) is 2.87. The summed E-state index contributed by atoms with van der Waals surface area (Å²) in [6.45, 7) is -0.793. The van der Waals surface area contributed by atoms with Gasteiger partial charge in [-0.15, -0.1) is 0 Å². The van der Waals surface area contributed by atoms with Gasteiger partial charge in [0.2, 0.25) is 0 Å². The van der Waals surface area contributed by atoms with Crippen molar-refractivity contribution in [1.29, 1.82) is 0 Å². The summed E-state index contributed by atoms with van der Waals surface area (Å²) >= 11 is 2.08. The Bertz CT molecular complexity index is 493. The van der Waals surface area contributed by atoms with Crippen molar-refractivity contribution in [1.82, 2.24) is 0 Å². The first-order valence-corrected chi connectivity index (χ1v) is 23.7. The zero-order valence-corrected chi connectivity index (χ0v) is 27.7. The van der Waals surface area contributed by atoms with Gasteiger partial charge in [0, 0.05) is 39.3 Å². The highest BCUT2D eigenvalue weighted by Gasteiger charge is 2.36. The van der Waals surface area contributed by atoms with Crippen molar-refractivity contribution in [2.45, 2.75) is 11.0 Å². The summed E-state index contributed by atoms with van der Waals surface area (Å²) in [4.78, 5) is 11.7. The smallest absolute Gasteiger partial charge is 0.331 e. The van der Waals surface area contributed by atoms with Gasteiger partial charge >= 0.3 is 5.97 Å². The maximum Gasteiger partial charge on any atom is 0.331 e. The van der Waals surface area contributed by atoms with Crippen LogP contribution in [0.25, 0.3) is 0 Å². The third kappa shape index (κ3) is 16.4. The Balaban J connectivity index is 3.98. The molecule has 0 saturated heterocycles.